The summed E-state index contributed by atoms with van der Waals surface area (Å²) in [4.78, 5) is 3.88. The Kier molecular flexibility index (Phi) is 3.31. The first-order valence-electron chi connectivity index (χ1n) is 5.89. The molecule has 21 heavy (non-hydrogen) atoms. The molecular weight excluding hydrogens is 300 g/mol. The van der Waals surface area contributed by atoms with Crippen molar-refractivity contribution in [2.45, 2.75) is 0 Å². The van der Waals surface area contributed by atoms with Crippen LogP contribution in [0, 0.1) is 11.6 Å². The monoisotopic (exact) mass is 307 g/mol. The summed E-state index contributed by atoms with van der Waals surface area (Å²) in [6.07, 6.45) is 1.01. The molecule has 2 heterocycles. The van der Waals surface area contributed by atoms with Crippen molar-refractivity contribution in [2.75, 3.05) is 5.73 Å². The third kappa shape index (κ3) is 2.34. The first-order chi connectivity index (χ1) is 10.1. The Hall–Kier alpha value is -2.47. The lowest BCUT2D eigenvalue weighted by molar-refractivity contribution is 0.434. The van der Waals surface area contributed by atoms with Gasteiger partial charge in [-0.15, -0.1) is 0 Å². The minimum absolute atomic E-state index is 0.0249. The summed E-state index contributed by atoms with van der Waals surface area (Å²) in [5.74, 6) is -0.972. The highest BCUT2D eigenvalue weighted by molar-refractivity contribution is 6.33. The van der Waals surface area contributed by atoms with Crippen molar-refractivity contribution in [2.24, 2.45) is 0 Å². The van der Waals surface area contributed by atoms with E-state index >= 15 is 0 Å². The molecule has 0 fully saturated rings. The van der Waals surface area contributed by atoms with Gasteiger partial charge in [-0.05, 0) is 24.3 Å². The SMILES string of the molecule is Nc1noc(-c2ccc(F)cn2)c1-c1c(F)cccc1Cl. The molecule has 0 unspecified atom stereocenters. The lowest BCUT2D eigenvalue weighted by Crippen LogP contribution is -1.93. The minimum atomic E-state index is -0.569. The number of nitrogens with two attached hydrogens (primary N) is 1. The Bertz CT molecular complexity index is 782. The van der Waals surface area contributed by atoms with Crippen LogP contribution in [0.5, 0.6) is 0 Å². The smallest absolute Gasteiger partial charge is 0.195 e. The first-order valence-corrected chi connectivity index (χ1v) is 6.27. The van der Waals surface area contributed by atoms with E-state index in [2.05, 4.69) is 10.1 Å². The van der Waals surface area contributed by atoms with Crippen molar-refractivity contribution in [3.05, 3.63) is 53.2 Å². The zero-order valence-corrected chi connectivity index (χ0v) is 11.2. The number of rotatable bonds is 2. The molecule has 0 saturated carbocycles. The number of pyridine rings is 1. The van der Waals surface area contributed by atoms with Crippen molar-refractivity contribution in [1.82, 2.24) is 10.1 Å². The number of nitrogens with zero attached hydrogens (tertiary/aromatic N) is 2. The van der Waals surface area contributed by atoms with Gasteiger partial charge in [-0.25, -0.2) is 13.8 Å². The largest absolute Gasteiger partial charge is 0.380 e. The number of hydrogen-bond donors (Lipinski definition) is 1. The van der Waals surface area contributed by atoms with E-state index in [0.29, 0.717) is 0 Å². The zero-order chi connectivity index (χ0) is 15.0. The molecule has 7 heteroatoms. The lowest BCUT2D eigenvalue weighted by atomic mass is 10.0. The highest BCUT2D eigenvalue weighted by atomic mass is 35.5. The first kappa shape index (κ1) is 13.5. The molecule has 0 radical (unpaired) electrons. The van der Waals surface area contributed by atoms with E-state index in [1.807, 2.05) is 0 Å². The maximum Gasteiger partial charge on any atom is 0.195 e. The van der Waals surface area contributed by atoms with Crippen LogP contribution < -0.4 is 5.73 Å². The van der Waals surface area contributed by atoms with E-state index < -0.39 is 11.6 Å². The molecule has 1 aromatic carbocycles. The molecule has 2 N–H and O–H groups in total. The lowest BCUT2D eigenvalue weighted by Gasteiger charge is -2.06. The van der Waals surface area contributed by atoms with Gasteiger partial charge in [0.15, 0.2) is 11.6 Å². The van der Waals surface area contributed by atoms with Crippen molar-refractivity contribution >= 4 is 17.4 Å². The van der Waals surface area contributed by atoms with Gasteiger partial charge in [0, 0.05) is 5.56 Å². The zero-order valence-electron chi connectivity index (χ0n) is 10.5. The van der Waals surface area contributed by atoms with Gasteiger partial charge in [-0.3, -0.25) is 0 Å². The predicted molar refractivity (Wildman–Crippen MR) is 74.5 cm³/mol. The van der Waals surface area contributed by atoms with Gasteiger partial charge < -0.3 is 10.3 Å². The third-order valence-electron chi connectivity index (χ3n) is 2.89. The van der Waals surface area contributed by atoms with E-state index in [-0.39, 0.29) is 33.4 Å². The summed E-state index contributed by atoms with van der Waals surface area (Å²) >= 11 is 6.03. The highest BCUT2D eigenvalue weighted by Crippen LogP contribution is 2.40. The average Bonchev–Trinajstić information content (AvgIpc) is 2.82. The summed E-state index contributed by atoms with van der Waals surface area (Å²) in [6.45, 7) is 0. The summed E-state index contributed by atoms with van der Waals surface area (Å²) in [5, 5.41) is 3.78. The number of benzene rings is 1. The van der Waals surface area contributed by atoms with Crippen LogP contribution in [0.25, 0.3) is 22.6 Å². The fraction of sp³-hybridized carbons (Fsp3) is 0. The molecule has 0 saturated heterocycles. The van der Waals surface area contributed by atoms with E-state index in [1.165, 1.54) is 30.3 Å². The Morgan fingerprint density at radius 1 is 1.10 bits per heavy atom. The van der Waals surface area contributed by atoms with Gasteiger partial charge in [-0.2, -0.15) is 0 Å². The van der Waals surface area contributed by atoms with E-state index in [9.17, 15) is 8.78 Å². The minimum Gasteiger partial charge on any atom is -0.380 e. The molecule has 0 aliphatic rings. The molecule has 0 amide bonds. The Labute approximate surface area is 123 Å². The maximum absolute atomic E-state index is 14.1. The number of halogens is 3. The second kappa shape index (κ2) is 5.14. The number of aromatic nitrogens is 2. The van der Waals surface area contributed by atoms with Crippen LogP contribution in [0.4, 0.5) is 14.6 Å². The fourth-order valence-corrected chi connectivity index (χ4v) is 2.22. The van der Waals surface area contributed by atoms with Crippen LogP contribution in [0.15, 0.2) is 41.1 Å². The van der Waals surface area contributed by atoms with Gasteiger partial charge in [0.1, 0.15) is 17.3 Å². The molecule has 4 nitrogen and oxygen atoms in total. The van der Waals surface area contributed by atoms with E-state index in [4.69, 9.17) is 21.9 Å². The normalized spacial score (nSPS) is 10.8. The highest BCUT2D eigenvalue weighted by Gasteiger charge is 2.23. The second-order valence-electron chi connectivity index (χ2n) is 4.23. The number of nitrogen functional groups attached to an aromatic ring is 1. The van der Waals surface area contributed by atoms with Crippen molar-refractivity contribution < 1.29 is 13.3 Å². The Morgan fingerprint density at radius 2 is 1.90 bits per heavy atom. The van der Waals surface area contributed by atoms with Gasteiger partial charge >= 0.3 is 0 Å². The number of anilines is 1. The van der Waals surface area contributed by atoms with Gasteiger partial charge in [0.25, 0.3) is 0 Å². The molecule has 0 aliphatic carbocycles. The summed E-state index contributed by atoms with van der Waals surface area (Å²) < 4.78 is 32.1. The molecule has 0 aliphatic heterocycles. The average molecular weight is 308 g/mol. The topological polar surface area (TPSA) is 64.9 Å². The maximum atomic E-state index is 14.1. The van der Waals surface area contributed by atoms with Crippen LogP contribution >= 0.6 is 11.6 Å². The third-order valence-corrected chi connectivity index (χ3v) is 3.21. The van der Waals surface area contributed by atoms with Gasteiger partial charge in [0.2, 0.25) is 0 Å². The van der Waals surface area contributed by atoms with Crippen LogP contribution in [0.2, 0.25) is 5.02 Å². The quantitative estimate of drug-likeness (QED) is 0.779. The molecule has 0 spiro atoms. The van der Waals surface area contributed by atoms with Crippen LogP contribution in [0.3, 0.4) is 0 Å². The van der Waals surface area contributed by atoms with E-state index in [1.54, 1.807) is 0 Å². The summed E-state index contributed by atoms with van der Waals surface area (Å²) in [7, 11) is 0. The molecular formula is C14H8ClF2N3O. The summed E-state index contributed by atoms with van der Waals surface area (Å²) in [5.41, 5.74) is 6.28. The van der Waals surface area contributed by atoms with Gasteiger partial charge in [0.05, 0.1) is 16.8 Å². The number of hydrogen-bond acceptors (Lipinski definition) is 4. The standard InChI is InChI=1S/C14H8ClF2N3O/c15-8-2-1-3-9(17)11(8)12-13(21-20-14(12)18)10-5-4-7(16)6-19-10/h1-6H,(H2,18,20). The van der Waals surface area contributed by atoms with Crippen LogP contribution in [-0.4, -0.2) is 10.1 Å². The Morgan fingerprint density at radius 3 is 2.57 bits per heavy atom. The molecule has 2 aromatic heterocycles. The molecule has 0 bridgehead atoms. The van der Waals surface area contributed by atoms with Crippen LogP contribution in [0.1, 0.15) is 0 Å². The van der Waals surface area contributed by atoms with Gasteiger partial charge in [-0.1, -0.05) is 22.8 Å². The van der Waals surface area contributed by atoms with Crippen molar-refractivity contribution in [3.8, 4) is 22.6 Å². The molecule has 3 rings (SSSR count). The summed E-state index contributed by atoms with van der Waals surface area (Å²) in [6, 6.07) is 6.83. The van der Waals surface area contributed by atoms with Crippen LogP contribution in [-0.2, 0) is 0 Å². The van der Waals surface area contributed by atoms with Crippen molar-refractivity contribution in [3.63, 3.8) is 0 Å². The predicted octanol–water partition coefficient (Wildman–Crippen LogP) is 3.92. The van der Waals surface area contributed by atoms with Crippen molar-refractivity contribution in [1.29, 1.82) is 0 Å². The fourth-order valence-electron chi connectivity index (χ4n) is 1.97. The molecule has 3 aromatic rings. The molecule has 106 valence electrons. The Balaban J connectivity index is 2.25. The second-order valence-corrected chi connectivity index (χ2v) is 4.64. The van der Waals surface area contributed by atoms with E-state index in [0.717, 1.165) is 6.20 Å². The molecule has 0 atom stereocenters.